The van der Waals surface area contributed by atoms with Crippen LogP contribution in [0.5, 0.6) is 0 Å². The van der Waals surface area contributed by atoms with Crippen LogP contribution in [0.15, 0.2) is 12.2 Å². The van der Waals surface area contributed by atoms with Crippen LogP contribution >= 0.6 is 11.6 Å². The Bertz CT molecular complexity index is 120. The molecule has 0 heterocycles. The van der Waals surface area contributed by atoms with Crippen molar-refractivity contribution < 1.29 is 4.79 Å². The fourth-order valence-corrected chi connectivity index (χ4v) is 0.445. The van der Waals surface area contributed by atoms with Crippen molar-refractivity contribution in [1.82, 2.24) is 4.90 Å². The third-order valence-corrected chi connectivity index (χ3v) is 0.845. The molecule has 3 heteroatoms. The second-order valence-electron chi connectivity index (χ2n) is 1.97. The monoisotopic (exact) mass is 147 g/mol. The summed E-state index contributed by atoms with van der Waals surface area (Å²) >= 11 is 5.02. The molecule has 0 aliphatic heterocycles. The molecule has 0 spiro atoms. The molecule has 0 bridgehead atoms. The number of carbonyl (C=O) groups excluding carboxylic acids is 1. The van der Waals surface area contributed by atoms with Gasteiger partial charge in [0.25, 0.3) is 0 Å². The maximum absolute atomic E-state index is 10.1. The summed E-state index contributed by atoms with van der Waals surface area (Å²) in [5.74, 6) is 0. The third-order valence-electron chi connectivity index (χ3n) is 0.719. The molecule has 0 fully saturated rings. The van der Waals surface area contributed by atoms with E-state index in [1.807, 2.05) is 19.0 Å². The molecular formula is C6H10ClNO. The van der Waals surface area contributed by atoms with E-state index in [9.17, 15) is 4.79 Å². The second kappa shape index (κ2) is 4.53. The molecule has 0 rings (SSSR count). The van der Waals surface area contributed by atoms with Gasteiger partial charge in [-0.1, -0.05) is 6.08 Å². The Morgan fingerprint density at radius 3 is 2.56 bits per heavy atom. The first-order chi connectivity index (χ1) is 4.13. The highest BCUT2D eigenvalue weighted by molar-refractivity contribution is 6.66. The summed E-state index contributed by atoms with van der Waals surface area (Å²) in [4.78, 5) is 12.0. The summed E-state index contributed by atoms with van der Waals surface area (Å²) < 4.78 is 0. The van der Waals surface area contributed by atoms with Crippen LogP contribution in [0.4, 0.5) is 0 Å². The van der Waals surface area contributed by atoms with Gasteiger partial charge in [0.2, 0.25) is 5.24 Å². The largest absolute Gasteiger partial charge is 0.306 e. The summed E-state index contributed by atoms with van der Waals surface area (Å²) in [7, 11) is 3.84. The van der Waals surface area contributed by atoms with Gasteiger partial charge in [0.15, 0.2) is 0 Å². The number of carbonyl (C=O) groups is 1. The van der Waals surface area contributed by atoms with Gasteiger partial charge in [0.1, 0.15) is 0 Å². The highest BCUT2D eigenvalue weighted by Crippen LogP contribution is 1.83. The fourth-order valence-electron chi connectivity index (χ4n) is 0.356. The Labute approximate surface area is 60.1 Å². The minimum atomic E-state index is -0.420. The van der Waals surface area contributed by atoms with Crippen molar-refractivity contribution in [3.8, 4) is 0 Å². The maximum atomic E-state index is 10.1. The van der Waals surface area contributed by atoms with Crippen molar-refractivity contribution in [3.63, 3.8) is 0 Å². The molecule has 0 aromatic heterocycles. The van der Waals surface area contributed by atoms with Gasteiger partial charge >= 0.3 is 0 Å². The van der Waals surface area contributed by atoms with Crippen LogP contribution in [-0.4, -0.2) is 30.8 Å². The van der Waals surface area contributed by atoms with E-state index in [1.54, 1.807) is 6.08 Å². The molecule has 0 saturated heterocycles. The Hall–Kier alpha value is -0.340. The first kappa shape index (κ1) is 8.66. The molecule has 2 nitrogen and oxygen atoms in total. The highest BCUT2D eigenvalue weighted by atomic mass is 35.5. The Morgan fingerprint density at radius 2 is 2.22 bits per heavy atom. The van der Waals surface area contributed by atoms with E-state index in [0.717, 1.165) is 6.54 Å². The molecule has 0 amide bonds. The molecule has 0 N–H and O–H groups in total. The highest BCUT2D eigenvalue weighted by Gasteiger charge is 1.85. The molecule has 0 radical (unpaired) electrons. The number of halogens is 1. The quantitative estimate of drug-likeness (QED) is 0.436. The minimum Gasteiger partial charge on any atom is -0.306 e. The minimum absolute atomic E-state index is 0.420. The molecule has 0 aliphatic rings. The molecule has 52 valence electrons. The number of hydrogen-bond donors (Lipinski definition) is 0. The smallest absolute Gasteiger partial charge is 0.244 e. The van der Waals surface area contributed by atoms with Gasteiger partial charge in [-0.25, -0.2) is 0 Å². The number of hydrogen-bond acceptors (Lipinski definition) is 2. The van der Waals surface area contributed by atoms with E-state index in [-0.39, 0.29) is 0 Å². The van der Waals surface area contributed by atoms with Gasteiger partial charge in [-0.2, -0.15) is 0 Å². The molecule has 9 heavy (non-hydrogen) atoms. The zero-order valence-corrected chi connectivity index (χ0v) is 6.35. The van der Waals surface area contributed by atoms with Crippen LogP contribution in [0.25, 0.3) is 0 Å². The van der Waals surface area contributed by atoms with E-state index in [1.165, 1.54) is 6.08 Å². The molecule has 0 atom stereocenters. The van der Waals surface area contributed by atoms with Crippen molar-refractivity contribution in [2.24, 2.45) is 0 Å². The van der Waals surface area contributed by atoms with Crippen molar-refractivity contribution in [2.75, 3.05) is 20.6 Å². The van der Waals surface area contributed by atoms with Crippen molar-refractivity contribution >= 4 is 16.8 Å². The van der Waals surface area contributed by atoms with Crippen LogP contribution < -0.4 is 0 Å². The predicted molar refractivity (Wildman–Crippen MR) is 38.6 cm³/mol. The summed E-state index contributed by atoms with van der Waals surface area (Å²) in [5, 5.41) is -0.420. The lowest BCUT2D eigenvalue weighted by molar-refractivity contribution is -0.107. The molecule has 0 aliphatic carbocycles. The van der Waals surface area contributed by atoms with Crippen LogP contribution in [0, 0.1) is 0 Å². The Kier molecular flexibility index (Phi) is 4.36. The maximum Gasteiger partial charge on any atom is 0.244 e. The van der Waals surface area contributed by atoms with Crippen LogP contribution in [-0.2, 0) is 4.79 Å². The van der Waals surface area contributed by atoms with Gasteiger partial charge in [0, 0.05) is 6.54 Å². The standard InChI is InChI=1S/C6H10ClNO/c1-8(2)5-3-4-6(7)9/h3-4H,5H2,1-2H3/b4-3-. The summed E-state index contributed by atoms with van der Waals surface area (Å²) in [6.45, 7) is 0.748. The zero-order chi connectivity index (χ0) is 7.28. The first-order valence-electron chi connectivity index (χ1n) is 2.63. The van der Waals surface area contributed by atoms with Gasteiger partial charge in [-0.15, -0.1) is 0 Å². The molecular weight excluding hydrogens is 138 g/mol. The Morgan fingerprint density at radius 1 is 1.67 bits per heavy atom. The zero-order valence-electron chi connectivity index (χ0n) is 5.60. The SMILES string of the molecule is CN(C)C/C=C\C(=O)Cl. The second-order valence-corrected chi connectivity index (χ2v) is 2.34. The molecule has 0 saturated carbocycles. The van der Waals surface area contributed by atoms with Gasteiger partial charge < -0.3 is 4.90 Å². The lowest BCUT2D eigenvalue weighted by Gasteiger charge is -2.02. The summed E-state index contributed by atoms with van der Waals surface area (Å²) in [6, 6.07) is 0. The van der Waals surface area contributed by atoms with E-state index in [2.05, 4.69) is 0 Å². The van der Waals surface area contributed by atoms with Crippen molar-refractivity contribution in [2.45, 2.75) is 0 Å². The predicted octanol–water partition coefficient (Wildman–Crippen LogP) is 0.870. The van der Waals surface area contributed by atoms with Crippen LogP contribution in [0.3, 0.4) is 0 Å². The average Bonchev–Trinajstić information content (AvgIpc) is 1.63. The van der Waals surface area contributed by atoms with E-state index >= 15 is 0 Å². The number of rotatable bonds is 3. The number of likely N-dealkylation sites (N-methyl/N-ethyl adjacent to an activating group) is 1. The molecule has 0 aromatic rings. The van der Waals surface area contributed by atoms with Crippen LogP contribution in [0.1, 0.15) is 0 Å². The van der Waals surface area contributed by atoms with Gasteiger partial charge in [0.05, 0.1) is 0 Å². The third kappa shape index (κ3) is 7.66. The van der Waals surface area contributed by atoms with Crippen LogP contribution in [0.2, 0.25) is 0 Å². The lowest BCUT2D eigenvalue weighted by Crippen LogP contribution is -2.10. The van der Waals surface area contributed by atoms with Crippen molar-refractivity contribution in [3.05, 3.63) is 12.2 Å². The number of nitrogens with zero attached hydrogens (tertiary/aromatic N) is 1. The van der Waals surface area contributed by atoms with E-state index in [4.69, 9.17) is 11.6 Å². The van der Waals surface area contributed by atoms with Crippen molar-refractivity contribution in [1.29, 1.82) is 0 Å². The lowest BCUT2D eigenvalue weighted by atomic mass is 10.5. The summed E-state index contributed by atoms with van der Waals surface area (Å²) in [6.07, 6.45) is 3.07. The molecule has 0 aromatic carbocycles. The summed E-state index contributed by atoms with van der Waals surface area (Å²) in [5.41, 5.74) is 0. The first-order valence-corrected chi connectivity index (χ1v) is 3.01. The van der Waals surface area contributed by atoms with Gasteiger partial charge in [-0.05, 0) is 31.8 Å². The topological polar surface area (TPSA) is 20.3 Å². The van der Waals surface area contributed by atoms with E-state index in [0.29, 0.717) is 0 Å². The Balaban J connectivity index is 3.36. The van der Waals surface area contributed by atoms with Gasteiger partial charge in [-0.3, -0.25) is 4.79 Å². The fraction of sp³-hybridized carbons (Fsp3) is 0.500. The number of allylic oxidation sites excluding steroid dienone is 1. The molecule has 0 unspecified atom stereocenters. The van der Waals surface area contributed by atoms with E-state index < -0.39 is 5.24 Å². The normalized spacial score (nSPS) is 11.1. The average molecular weight is 148 g/mol.